The highest BCUT2D eigenvalue weighted by molar-refractivity contribution is 7.93. The lowest BCUT2D eigenvalue weighted by Crippen LogP contribution is -2.14. The molecule has 2 aromatic heterocycles. The molecule has 1 amide bonds. The lowest BCUT2D eigenvalue weighted by Gasteiger charge is -2.09. The Hall–Kier alpha value is -2.07. The molecule has 136 valence electrons. The van der Waals surface area contributed by atoms with Crippen molar-refractivity contribution in [1.29, 1.82) is 0 Å². The molecule has 0 spiro atoms. The molecule has 0 fully saturated rings. The number of carbonyl (C=O) groups is 1. The number of anilines is 2. The van der Waals surface area contributed by atoms with Crippen LogP contribution in [0.15, 0.2) is 45.9 Å². The summed E-state index contributed by atoms with van der Waals surface area (Å²) in [5, 5.41) is 6.19. The summed E-state index contributed by atoms with van der Waals surface area (Å²) in [5.74, 6) is -0.0419. The Bertz CT molecular complexity index is 1080. The number of aromatic nitrogens is 1. The molecule has 0 aliphatic rings. The number of sulfonamides is 1. The minimum absolute atomic E-state index is 0.0647. The molecule has 0 saturated heterocycles. The average molecular weight is 432 g/mol. The van der Waals surface area contributed by atoms with Crippen LogP contribution in [-0.4, -0.2) is 19.5 Å². The van der Waals surface area contributed by atoms with Gasteiger partial charge in [0.15, 0.2) is 0 Å². The largest absolute Gasteiger partial charge is 0.361 e. The number of hydrogen-bond donors (Lipinski definition) is 2. The van der Waals surface area contributed by atoms with Crippen LogP contribution in [0.1, 0.15) is 16.1 Å². The van der Waals surface area contributed by atoms with Gasteiger partial charge in [0.25, 0.3) is 15.9 Å². The van der Waals surface area contributed by atoms with Gasteiger partial charge in [0.2, 0.25) is 0 Å². The highest BCUT2D eigenvalue weighted by atomic mass is 35.5. The summed E-state index contributed by atoms with van der Waals surface area (Å²) in [4.78, 5) is 12.1. The third kappa shape index (κ3) is 4.01. The second-order valence-corrected chi connectivity index (χ2v) is 9.06. The molecule has 0 saturated carbocycles. The Morgan fingerprint density at radius 2 is 1.96 bits per heavy atom. The van der Waals surface area contributed by atoms with Crippen LogP contribution in [0, 0.1) is 6.92 Å². The molecule has 0 aliphatic heterocycles. The Labute approximate surface area is 163 Å². The van der Waals surface area contributed by atoms with E-state index in [-0.39, 0.29) is 24.8 Å². The molecule has 2 N–H and O–H groups in total. The molecule has 0 atom stereocenters. The average Bonchev–Trinajstić information content (AvgIpc) is 3.12. The number of nitrogens with zero attached hydrogens (tertiary/aromatic N) is 1. The topological polar surface area (TPSA) is 101 Å². The van der Waals surface area contributed by atoms with E-state index in [0.29, 0.717) is 11.4 Å². The first-order valence-corrected chi connectivity index (χ1v) is 10.1. The van der Waals surface area contributed by atoms with Crippen molar-refractivity contribution in [1.82, 2.24) is 5.16 Å². The summed E-state index contributed by atoms with van der Waals surface area (Å²) in [6, 6.07) is 7.50. The van der Waals surface area contributed by atoms with Gasteiger partial charge in [-0.2, -0.15) is 0 Å². The normalized spacial score (nSPS) is 11.3. The Balaban J connectivity index is 1.80. The van der Waals surface area contributed by atoms with Gasteiger partial charge < -0.3 is 9.84 Å². The summed E-state index contributed by atoms with van der Waals surface area (Å²) in [6.45, 7) is 1.61. The van der Waals surface area contributed by atoms with Crippen LogP contribution in [0.2, 0.25) is 8.67 Å². The fourth-order valence-electron chi connectivity index (χ4n) is 2.09. The lowest BCUT2D eigenvalue weighted by molar-refractivity contribution is 0.102. The summed E-state index contributed by atoms with van der Waals surface area (Å²) in [5.41, 5.74) is 0.934. The Kier molecular flexibility index (Phi) is 5.24. The van der Waals surface area contributed by atoms with Crippen molar-refractivity contribution in [3.63, 3.8) is 0 Å². The van der Waals surface area contributed by atoms with Gasteiger partial charge >= 0.3 is 0 Å². The van der Waals surface area contributed by atoms with Crippen molar-refractivity contribution in [3.05, 3.63) is 56.5 Å². The van der Waals surface area contributed by atoms with Gasteiger partial charge in [0.05, 0.1) is 16.2 Å². The number of aryl methyl sites for hydroxylation is 1. The maximum Gasteiger partial charge on any atom is 0.264 e. The van der Waals surface area contributed by atoms with Crippen LogP contribution in [0.5, 0.6) is 0 Å². The molecule has 2 heterocycles. The highest BCUT2D eigenvalue weighted by Crippen LogP contribution is 2.35. The van der Waals surface area contributed by atoms with Crippen molar-refractivity contribution < 1.29 is 17.7 Å². The van der Waals surface area contributed by atoms with E-state index in [1.807, 2.05) is 0 Å². The summed E-state index contributed by atoms with van der Waals surface area (Å²) >= 11 is 12.7. The van der Waals surface area contributed by atoms with Crippen LogP contribution in [-0.2, 0) is 10.0 Å². The standard InChI is InChI=1S/C15H11Cl2N3O4S2/c1-8-11(7-18-24-8)15(21)19-9-3-2-4-10(5-9)20-26(22,23)12-6-13(16)25-14(12)17/h2-7,20H,1H3,(H,19,21). The fourth-order valence-corrected chi connectivity index (χ4v) is 5.29. The third-order valence-corrected chi connectivity index (χ3v) is 6.42. The first-order chi connectivity index (χ1) is 12.3. The van der Waals surface area contributed by atoms with Gasteiger partial charge in [-0.25, -0.2) is 8.42 Å². The Morgan fingerprint density at radius 1 is 1.23 bits per heavy atom. The van der Waals surface area contributed by atoms with E-state index in [1.165, 1.54) is 18.3 Å². The number of halogens is 2. The van der Waals surface area contributed by atoms with Crippen molar-refractivity contribution >= 4 is 61.8 Å². The smallest absolute Gasteiger partial charge is 0.264 e. The quantitative estimate of drug-likeness (QED) is 0.622. The van der Waals surface area contributed by atoms with Gasteiger partial charge in [-0.05, 0) is 31.2 Å². The molecule has 0 unspecified atom stereocenters. The van der Waals surface area contributed by atoms with Crippen molar-refractivity contribution in [2.75, 3.05) is 10.0 Å². The van der Waals surface area contributed by atoms with E-state index in [9.17, 15) is 13.2 Å². The number of nitrogens with one attached hydrogen (secondary N) is 2. The molecule has 1 aromatic carbocycles. The molecular formula is C15H11Cl2N3O4S2. The third-order valence-electron chi connectivity index (χ3n) is 3.28. The van der Waals surface area contributed by atoms with E-state index in [1.54, 1.807) is 25.1 Å². The second kappa shape index (κ2) is 7.28. The monoisotopic (exact) mass is 431 g/mol. The maximum atomic E-state index is 12.4. The number of hydrogen-bond acceptors (Lipinski definition) is 6. The van der Waals surface area contributed by atoms with Crippen LogP contribution in [0.3, 0.4) is 0 Å². The zero-order valence-corrected chi connectivity index (χ0v) is 16.3. The van der Waals surface area contributed by atoms with Crippen molar-refractivity contribution in [3.8, 4) is 0 Å². The minimum Gasteiger partial charge on any atom is -0.361 e. The van der Waals surface area contributed by atoms with E-state index in [0.717, 1.165) is 11.3 Å². The molecule has 0 aliphatic carbocycles. The van der Waals surface area contributed by atoms with Crippen molar-refractivity contribution in [2.45, 2.75) is 11.8 Å². The minimum atomic E-state index is -3.91. The number of benzene rings is 1. The maximum absolute atomic E-state index is 12.4. The zero-order valence-electron chi connectivity index (χ0n) is 13.1. The lowest BCUT2D eigenvalue weighted by atomic mass is 10.2. The van der Waals surface area contributed by atoms with E-state index in [2.05, 4.69) is 15.2 Å². The predicted octanol–water partition coefficient (Wildman–Crippen LogP) is 4.40. The number of amides is 1. The van der Waals surface area contributed by atoms with E-state index >= 15 is 0 Å². The molecule has 7 nitrogen and oxygen atoms in total. The van der Waals surface area contributed by atoms with Crippen LogP contribution in [0.25, 0.3) is 0 Å². The highest BCUT2D eigenvalue weighted by Gasteiger charge is 2.21. The van der Waals surface area contributed by atoms with Crippen LogP contribution in [0.4, 0.5) is 11.4 Å². The van der Waals surface area contributed by atoms with Gasteiger partial charge in [-0.15, -0.1) is 11.3 Å². The van der Waals surface area contributed by atoms with Crippen LogP contribution >= 0.6 is 34.5 Å². The summed E-state index contributed by atoms with van der Waals surface area (Å²) < 4.78 is 32.5. The van der Waals surface area contributed by atoms with E-state index < -0.39 is 15.9 Å². The molecule has 26 heavy (non-hydrogen) atoms. The number of carbonyl (C=O) groups excluding carboxylic acids is 1. The zero-order chi connectivity index (χ0) is 18.9. The molecule has 0 radical (unpaired) electrons. The van der Waals surface area contributed by atoms with Crippen LogP contribution < -0.4 is 10.0 Å². The first kappa shape index (κ1) is 18.7. The molecule has 0 bridgehead atoms. The van der Waals surface area contributed by atoms with Crippen molar-refractivity contribution in [2.24, 2.45) is 0 Å². The fraction of sp³-hybridized carbons (Fsp3) is 0.0667. The number of thiophene rings is 1. The van der Waals surface area contributed by atoms with Gasteiger partial charge in [-0.1, -0.05) is 34.4 Å². The summed E-state index contributed by atoms with van der Waals surface area (Å²) in [6.07, 6.45) is 1.31. The Morgan fingerprint density at radius 3 is 2.58 bits per heavy atom. The SMILES string of the molecule is Cc1oncc1C(=O)Nc1cccc(NS(=O)(=O)c2cc(Cl)sc2Cl)c1. The van der Waals surface area contributed by atoms with Gasteiger partial charge in [0, 0.05) is 5.69 Å². The predicted molar refractivity (Wildman–Crippen MR) is 101 cm³/mol. The number of rotatable bonds is 5. The molecule has 11 heteroatoms. The molecule has 3 aromatic rings. The second-order valence-electron chi connectivity index (χ2n) is 5.12. The molecular weight excluding hydrogens is 421 g/mol. The van der Waals surface area contributed by atoms with Gasteiger partial charge in [-0.3, -0.25) is 9.52 Å². The van der Waals surface area contributed by atoms with E-state index in [4.69, 9.17) is 27.7 Å². The van der Waals surface area contributed by atoms with Gasteiger partial charge in [0.1, 0.15) is 20.6 Å². The molecule has 3 rings (SSSR count). The first-order valence-electron chi connectivity index (χ1n) is 7.06. The summed E-state index contributed by atoms with van der Waals surface area (Å²) in [7, 11) is -3.91.